The summed E-state index contributed by atoms with van der Waals surface area (Å²) in [4.78, 5) is 0. The Balaban J connectivity index is 2.80. The van der Waals surface area contributed by atoms with Crippen molar-refractivity contribution in [2.45, 2.75) is 13.0 Å². The fourth-order valence-corrected chi connectivity index (χ4v) is 2.04. The molecular formula is C11H15BrN2OS. The van der Waals surface area contributed by atoms with E-state index in [1.165, 1.54) is 0 Å². The molecule has 0 fully saturated rings. The number of thiocarbonyl (C=S) groups is 1. The molecule has 0 saturated heterocycles. The summed E-state index contributed by atoms with van der Waals surface area (Å²) in [6, 6.07) is 6.12. The number of ether oxygens (including phenoxy) is 1. The molecule has 0 spiro atoms. The standard InChI is InChI=1S/C11H15BrN2OS/c1-7(14-11(16)13-2)8-4-5-10(15-3)9(12)6-8/h4-7H,1-3H3,(H2,13,14,16)/t7-/m1/s1. The molecular weight excluding hydrogens is 288 g/mol. The minimum Gasteiger partial charge on any atom is -0.496 e. The molecule has 0 aromatic heterocycles. The molecule has 0 aliphatic heterocycles. The van der Waals surface area contributed by atoms with E-state index in [-0.39, 0.29) is 6.04 Å². The van der Waals surface area contributed by atoms with Crippen molar-refractivity contribution in [3.63, 3.8) is 0 Å². The van der Waals surface area contributed by atoms with Crippen molar-refractivity contribution < 1.29 is 4.74 Å². The Bertz CT molecular complexity index is 384. The average molecular weight is 303 g/mol. The third-order valence-corrected chi connectivity index (χ3v) is 3.19. The lowest BCUT2D eigenvalue weighted by Gasteiger charge is -2.16. The molecule has 0 radical (unpaired) electrons. The highest BCUT2D eigenvalue weighted by molar-refractivity contribution is 9.10. The number of benzene rings is 1. The maximum absolute atomic E-state index is 5.18. The molecule has 0 aliphatic carbocycles. The van der Waals surface area contributed by atoms with Crippen molar-refractivity contribution in [3.8, 4) is 5.75 Å². The zero-order valence-electron chi connectivity index (χ0n) is 9.50. The van der Waals surface area contributed by atoms with E-state index in [2.05, 4.69) is 33.5 Å². The Hall–Kier alpha value is -0.810. The molecule has 0 amide bonds. The van der Waals surface area contributed by atoms with Gasteiger partial charge < -0.3 is 15.4 Å². The largest absolute Gasteiger partial charge is 0.496 e. The maximum Gasteiger partial charge on any atom is 0.166 e. The molecule has 1 aromatic rings. The topological polar surface area (TPSA) is 33.3 Å². The van der Waals surface area contributed by atoms with Gasteiger partial charge in [0.15, 0.2) is 5.11 Å². The van der Waals surface area contributed by atoms with Gasteiger partial charge >= 0.3 is 0 Å². The van der Waals surface area contributed by atoms with Gasteiger partial charge in [-0.15, -0.1) is 0 Å². The summed E-state index contributed by atoms with van der Waals surface area (Å²) in [5.41, 5.74) is 1.14. The molecule has 3 nitrogen and oxygen atoms in total. The molecule has 5 heteroatoms. The molecule has 0 heterocycles. The molecule has 2 N–H and O–H groups in total. The first-order chi connectivity index (χ1) is 7.58. The van der Waals surface area contributed by atoms with Gasteiger partial charge in [0, 0.05) is 7.05 Å². The third kappa shape index (κ3) is 3.35. The fraction of sp³-hybridized carbons (Fsp3) is 0.364. The van der Waals surface area contributed by atoms with Gasteiger partial charge in [0.05, 0.1) is 17.6 Å². The second-order valence-electron chi connectivity index (χ2n) is 3.34. The summed E-state index contributed by atoms with van der Waals surface area (Å²) in [6.07, 6.45) is 0. The van der Waals surface area contributed by atoms with Crippen LogP contribution in [0.5, 0.6) is 5.75 Å². The highest BCUT2D eigenvalue weighted by atomic mass is 79.9. The molecule has 1 rings (SSSR count). The molecule has 88 valence electrons. The van der Waals surface area contributed by atoms with E-state index < -0.39 is 0 Å². The van der Waals surface area contributed by atoms with Crippen LogP contribution in [0.15, 0.2) is 22.7 Å². The molecule has 1 atom stereocenters. The first kappa shape index (κ1) is 13.3. The summed E-state index contributed by atoms with van der Waals surface area (Å²) < 4.78 is 6.12. The van der Waals surface area contributed by atoms with E-state index in [1.807, 2.05) is 18.2 Å². The van der Waals surface area contributed by atoms with Crippen LogP contribution in [-0.2, 0) is 0 Å². The molecule has 0 saturated carbocycles. The summed E-state index contributed by atoms with van der Waals surface area (Å²) >= 11 is 8.51. The third-order valence-electron chi connectivity index (χ3n) is 2.25. The summed E-state index contributed by atoms with van der Waals surface area (Å²) in [7, 11) is 3.45. The Labute approximate surface area is 110 Å². The lowest BCUT2D eigenvalue weighted by atomic mass is 10.1. The van der Waals surface area contributed by atoms with Crippen molar-refractivity contribution >= 4 is 33.3 Å². The van der Waals surface area contributed by atoms with Crippen LogP contribution >= 0.6 is 28.1 Å². The summed E-state index contributed by atoms with van der Waals surface area (Å²) in [5, 5.41) is 6.69. The molecule has 16 heavy (non-hydrogen) atoms. The molecule has 0 unspecified atom stereocenters. The number of halogens is 1. The van der Waals surface area contributed by atoms with E-state index in [9.17, 15) is 0 Å². The first-order valence-corrected chi connectivity index (χ1v) is 6.10. The first-order valence-electron chi connectivity index (χ1n) is 4.90. The zero-order chi connectivity index (χ0) is 12.1. The van der Waals surface area contributed by atoms with Crippen molar-refractivity contribution in [2.75, 3.05) is 14.2 Å². The van der Waals surface area contributed by atoms with Crippen molar-refractivity contribution in [1.29, 1.82) is 0 Å². The van der Waals surface area contributed by atoms with E-state index in [1.54, 1.807) is 14.2 Å². The number of hydrogen-bond donors (Lipinski definition) is 2. The number of nitrogens with one attached hydrogen (secondary N) is 2. The van der Waals surface area contributed by atoms with Crippen LogP contribution in [0.3, 0.4) is 0 Å². The second kappa shape index (κ2) is 6.06. The van der Waals surface area contributed by atoms with Gasteiger partial charge in [-0.25, -0.2) is 0 Å². The summed E-state index contributed by atoms with van der Waals surface area (Å²) in [6.45, 7) is 2.05. The highest BCUT2D eigenvalue weighted by Gasteiger charge is 2.08. The van der Waals surface area contributed by atoms with Crippen LogP contribution in [0, 0.1) is 0 Å². The predicted molar refractivity (Wildman–Crippen MR) is 73.9 cm³/mol. The smallest absolute Gasteiger partial charge is 0.166 e. The molecule has 0 aliphatic rings. The van der Waals surface area contributed by atoms with Gasteiger partial charge in [0.1, 0.15) is 5.75 Å². The highest BCUT2D eigenvalue weighted by Crippen LogP contribution is 2.27. The second-order valence-corrected chi connectivity index (χ2v) is 4.60. The van der Waals surface area contributed by atoms with Crippen LogP contribution < -0.4 is 15.4 Å². The fourth-order valence-electron chi connectivity index (χ4n) is 1.30. The maximum atomic E-state index is 5.18. The quantitative estimate of drug-likeness (QED) is 0.841. The van der Waals surface area contributed by atoms with Crippen LogP contribution in [0.25, 0.3) is 0 Å². The lowest BCUT2D eigenvalue weighted by Crippen LogP contribution is -2.34. The summed E-state index contributed by atoms with van der Waals surface area (Å²) in [5.74, 6) is 0.826. The monoisotopic (exact) mass is 302 g/mol. The minimum absolute atomic E-state index is 0.155. The van der Waals surface area contributed by atoms with E-state index in [4.69, 9.17) is 17.0 Å². The van der Waals surface area contributed by atoms with Crippen molar-refractivity contribution in [2.24, 2.45) is 0 Å². The van der Waals surface area contributed by atoms with Crippen molar-refractivity contribution in [3.05, 3.63) is 28.2 Å². The zero-order valence-corrected chi connectivity index (χ0v) is 11.9. The Kier molecular flexibility index (Phi) is 5.02. The van der Waals surface area contributed by atoms with Crippen LogP contribution in [0.4, 0.5) is 0 Å². The van der Waals surface area contributed by atoms with Gasteiger partial charge in [0.25, 0.3) is 0 Å². The lowest BCUT2D eigenvalue weighted by molar-refractivity contribution is 0.412. The predicted octanol–water partition coefficient (Wildman–Crippen LogP) is 2.61. The van der Waals surface area contributed by atoms with E-state index >= 15 is 0 Å². The number of hydrogen-bond acceptors (Lipinski definition) is 2. The van der Waals surface area contributed by atoms with E-state index in [0.29, 0.717) is 5.11 Å². The Morgan fingerprint density at radius 1 is 1.50 bits per heavy atom. The van der Waals surface area contributed by atoms with Crippen LogP contribution in [-0.4, -0.2) is 19.3 Å². The van der Waals surface area contributed by atoms with Gasteiger partial charge in [0.2, 0.25) is 0 Å². The van der Waals surface area contributed by atoms with Gasteiger partial charge in [-0.1, -0.05) is 6.07 Å². The number of rotatable bonds is 3. The van der Waals surface area contributed by atoms with E-state index in [0.717, 1.165) is 15.8 Å². The van der Waals surface area contributed by atoms with Gasteiger partial charge in [-0.2, -0.15) is 0 Å². The average Bonchev–Trinajstić information content (AvgIpc) is 2.28. The van der Waals surface area contributed by atoms with Crippen molar-refractivity contribution in [1.82, 2.24) is 10.6 Å². The van der Waals surface area contributed by atoms with Gasteiger partial charge in [-0.3, -0.25) is 0 Å². The Morgan fingerprint density at radius 3 is 2.69 bits per heavy atom. The minimum atomic E-state index is 0.155. The number of methoxy groups -OCH3 is 1. The van der Waals surface area contributed by atoms with Gasteiger partial charge in [-0.05, 0) is 52.8 Å². The Morgan fingerprint density at radius 2 is 2.19 bits per heavy atom. The van der Waals surface area contributed by atoms with Crippen LogP contribution in [0.1, 0.15) is 18.5 Å². The van der Waals surface area contributed by atoms with Crippen LogP contribution in [0.2, 0.25) is 0 Å². The SMILES string of the molecule is CNC(=S)N[C@H](C)c1ccc(OC)c(Br)c1. The molecule has 0 bridgehead atoms. The normalized spacial score (nSPS) is 11.8. The molecule has 1 aromatic carbocycles.